The van der Waals surface area contributed by atoms with Crippen LogP contribution in [-0.2, 0) is 14.6 Å². The molecule has 0 spiro atoms. The van der Waals surface area contributed by atoms with Gasteiger partial charge in [0.2, 0.25) is 5.91 Å². The molecule has 0 aromatic rings. The van der Waals surface area contributed by atoms with Crippen LogP contribution in [-0.4, -0.2) is 55.0 Å². The fourth-order valence-electron chi connectivity index (χ4n) is 1.77. The molecule has 1 rings (SSSR count). The molecule has 1 amide bonds. The third kappa shape index (κ3) is 2.95. The lowest BCUT2D eigenvalue weighted by Gasteiger charge is -2.35. The zero-order chi connectivity index (χ0) is 12.5. The van der Waals surface area contributed by atoms with Crippen LogP contribution >= 0.6 is 0 Å². The average molecular weight is 249 g/mol. The van der Waals surface area contributed by atoms with Gasteiger partial charge in [0.15, 0.2) is 9.84 Å². The van der Waals surface area contributed by atoms with Gasteiger partial charge in [-0.2, -0.15) is 0 Å². The van der Waals surface area contributed by atoms with E-state index in [-0.39, 0.29) is 11.8 Å². The quantitative estimate of drug-likeness (QED) is 0.726. The highest BCUT2D eigenvalue weighted by Gasteiger charge is 2.33. The number of rotatable bonds is 2. The summed E-state index contributed by atoms with van der Waals surface area (Å²) in [6, 6.07) is 0. The number of hydrogen-bond donors (Lipinski definition) is 1. The van der Waals surface area contributed by atoms with Gasteiger partial charge in [0.05, 0.1) is 6.10 Å². The molecule has 1 aliphatic heterocycles. The molecular weight excluding hydrogens is 230 g/mol. The van der Waals surface area contributed by atoms with Crippen molar-refractivity contribution in [1.82, 2.24) is 4.90 Å². The molecule has 3 unspecified atom stereocenters. The van der Waals surface area contributed by atoms with Crippen molar-refractivity contribution in [2.45, 2.75) is 31.6 Å². The number of aliphatic hydroxyl groups excluding tert-OH is 1. The van der Waals surface area contributed by atoms with Crippen molar-refractivity contribution in [2.24, 2.45) is 5.92 Å². The molecule has 3 atom stereocenters. The van der Waals surface area contributed by atoms with Gasteiger partial charge in [-0.05, 0) is 19.3 Å². The van der Waals surface area contributed by atoms with Crippen LogP contribution in [0.15, 0.2) is 0 Å². The van der Waals surface area contributed by atoms with E-state index in [1.54, 1.807) is 0 Å². The summed E-state index contributed by atoms with van der Waals surface area (Å²) < 4.78 is 22.5. The predicted molar refractivity (Wildman–Crippen MR) is 60.7 cm³/mol. The number of hydrogen-bond acceptors (Lipinski definition) is 4. The lowest BCUT2D eigenvalue weighted by Crippen LogP contribution is -2.49. The predicted octanol–water partition coefficient (Wildman–Crippen LogP) is -0.351. The van der Waals surface area contributed by atoms with Crippen LogP contribution in [0.25, 0.3) is 0 Å². The fourth-order valence-corrected chi connectivity index (χ4v) is 2.29. The summed E-state index contributed by atoms with van der Waals surface area (Å²) in [5.41, 5.74) is 0. The van der Waals surface area contributed by atoms with Crippen molar-refractivity contribution in [3.8, 4) is 0 Å². The van der Waals surface area contributed by atoms with Crippen molar-refractivity contribution < 1.29 is 18.3 Å². The van der Waals surface area contributed by atoms with Crippen LogP contribution in [0, 0.1) is 5.92 Å². The zero-order valence-electron chi connectivity index (χ0n) is 9.88. The van der Waals surface area contributed by atoms with Gasteiger partial charge < -0.3 is 10.0 Å². The van der Waals surface area contributed by atoms with E-state index in [1.807, 2.05) is 6.92 Å². The summed E-state index contributed by atoms with van der Waals surface area (Å²) >= 11 is 0. The third-order valence-corrected chi connectivity index (χ3v) is 4.65. The van der Waals surface area contributed by atoms with E-state index in [0.29, 0.717) is 19.5 Å². The van der Waals surface area contributed by atoms with E-state index < -0.39 is 21.2 Å². The Kier molecular flexibility index (Phi) is 3.96. The molecule has 94 valence electrons. The minimum atomic E-state index is -3.34. The standard InChI is InChI=1S/C10H19NO4S/c1-7-6-11(5-4-9(7)12)10(13)8(2)16(3,14)15/h7-9,12H,4-6H2,1-3H3. The van der Waals surface area contributed by atoms with Crippen LogP contribution in [0.4, 0.5) is 0 Å². The van der Waals surface area contributed by atoms with E-state index >= 15 is 0 Å². The first-order chi connectivity index (χ1) is 7.23. The molecule has 1 N–H and O–H groups in total. The molecular formula is C10H19NO4S. The Morgan fingerprint density at radius 1 is 1.50 bits per heavy atom. The van der Waals surface area contributed by atoms with Crippen molar-refractivity contribution >= 4 is 15.7 Å². The van der Waals surface area contributed by atoms with Crippen LogP contribution in [0.1, 0.15) is 20.3 Å². The summed E-state index contributed by atoms with van der Waals surface area (Å²) in [5, 5.41) is 8.53. The number of carbonyl (C=O) groups is 1. The van der Waals surface area contributed by atoms with Crippen molar-refractivity contribution in [3.63, 3.8) is 0 Å². The first-order valence-electron chi connectivity index (χ1n) is 5.39. The largest absolute Gasteiger partial charge is 0.393 e. The van der Waals surface area contributed by atoms with Crippen molar-refractivity contribution in [3.05, 3.63) is 0 Å². The van der Waals surface area contributed by atoms with Gasteiger partial charge in [-0.1, -0.05) is 6.92 Å². The molecule has 0 bridgehead atoms. The summed E-state index contributed by atoms with van der Waals surface area (Å²) in [5.74, 6) is -0.356. The minimum Gasteiger partial charge on any atom is -0.393 e. The first-order valence-corrected chi connectivity index (χ1v) is 7.34. The maximum Gasteiger partial charge on any atom is 0.240 e. The van der Waals surface area contributed by atoms with E-state index in [4.69, 9.17) is 0 Å². The zero-order valence-corrected chi connectivity index (χ0v) is 10.7. The molecule has 0 aromatic carbocycles. The van der Waals surface area contributed by atoms with Crippen molar-refractivity contribution in [2.75, 3.05) is 19.3 Å². The molecule has 0 aromatic heterocycles. The molecule has 1 saturated heterocycles. The summed E-state index contributed by atoms with van der Waals surface area (Å²) in [4.78, 5) is 13.4. The number of aliphatic hydroxyl groups is 1. The van der Waals surface area contributed by atoms with Crippen LogP contribution in [0.5, 0.6) is 0 Å². The monoisotopic (exact) mass is 249 g/mol. The van der Waals surface area contributed by atoms with Crippen LogP contribution < -0.4 is 0 Å². The summed E-state index contributed by atoms with van der Waals surface area (Å²) in [6.45, 7) is 4.13. The minimum absolute atomic E-state index is 0.00413. The van der Waals surface area contributed by atoms with Gasteiger partial charge in [0.25, 0.3) is 0 Å². The molecule has 1 aliphatic rings. The second kappa shape index (κ2) is 4.71. The Hall–Kier alpha value is -0.620. The topological polar surface area (TPSA) is 74.7 Å². The Bertz CT molecular complexity index is 365. The smallest absolute Gasteiger partial charge is 0.240 e. The lowest BCUT2D eigenvalue weighted by atomic mass is 9.96. The van der Waals surface area contributed by atoms with E-state index in [9.17, 15) is 18.3 Å². The van der Waals surface area contributed by atoms with Gasteiger partial charge in [0, 0.05) is 19.3 Å². The van der Waals surface area contributed by atoms with E-state index in [0.717, 1.165) is 6.26 Å². The summed E-state index contributed by atoms with van der Waals surface area (Å²) in [7, 11) is -3.34. The molecule has 1 fully saturated rings. The number of nitrogens with zero attached hydrogens (tertiary/aromatic N) is 1. The maximum atomic E-state index is 11.9. The Labute approximate surface area is 96.4 Å². The van der Waals surface area contributed by atoms with Gasteiger partial charge in [-0.25, -0.2) is 8.42 Å². The average Bonchev–Trinajstić information content (AvgIpc) is 2.18. The Balaban J connectivity index is 2.69. The van der Waals surface area contributed by atoms with Crippen molar-refractivity contribution in [1.29, 1.82) is 0 Å². The Morgan fingerprint density at radius 2 is 2.06 bits per heavy atom. The van der Waals surface area contributed by atoms with Gasteiger partial charge in [-0.3, -0.25) is 4.79 Å². The summed E-state index contributed by atoms with van der Waals surface area (Å²) in [6.07, 6.45) is 1.19. The number of amides is 1. The SMILES string of the molecule is CC1CN(C(=O)C(C)S(C)(=O)=O)CCC1O. The highest BCUT2D eigenvalue weighted by Crippen LogP contribution is 2.18. The second-order valence-electron chi connectivity index (χ2n) is 4.59. The highest BCUT2D eigenvalue weighted by molar-refractivity contribution is 7.92. The number of likely N-dealkylation sites (tertiary alicyclic amines) is 1. The van der Waals surface area contributed by atoms with E-state index in [2.05, 4.69) is 0 Å². The van der Waals surface area contributed by atoms with E-state index in [1.165, 1.54) is 11.8 Å². The van der Waals surface area contributed by atoms with Crippen LogP contribution in [0.2, 0.25) is 0 Å². The number of carbonyl (C=O) groups excluding carboxylic acids is 1. The first kappa shape index (κ1) is 13.4. The third-order valence-electron chi connectivity index (χ3n) is 3.16. The fraction of sp³-hybridized carbons (Fsp3) is 0.900. The lowest BCUT2D eigenvalue weighted by molar-refractivity contribution is -0.133. The number of sulfone groups is 1. The molecule has 0 radical (unpaired) electrons. The molecule has 5 nitrogen and oxygen atoms in total. The Morgan fingerprint density at radius 3 is 2.50 bits per heavy atom. The molecule has 0 saturated carbocycles. The second-order valence-corrected chi connectivity index (χ2v) is 6.96. The van der Waals surface area contributed by atoms with Gasteiger partial charge in [0.1, 0.15) is 5.25 Å². The van der Waals surface area contributed by atoms with Gasteiger partial charge >= 0.3 is 0 Å². The molecule has 6 heteroatoms. The van der Waals surface area contributed by atoms with Gasteiger partial charge in [-0.15, -0.1) is 0 Å². The molecule has 16 heavy (non-hydrogen) atoms. The maximum absolute atomic E-state index is 11.9. The number of piperidine rings is 1. The van der Waals surface area contributed by atoms with Crippen LogP contribution in [0.3, 0.4) is 0 Å². The molecule has 1 heterocycles. The highest BCUT2D eigenvalue weighted by atomic mass is 32.2. The molecule has 0 aliphatic carbocycles. The normalized spacial score (nSPS) is 28.9.